The lowest BCUT2D eigenvalue weighted by Crippen LogP contribution is -2.48. The summed E-state index contributed by atoms with van der Waals surface area (Å²) in [6.07, 6.45) is 6.00. The molecule has 3 rings (SSSR count). The molecule has 24 heavy (non-hydrogen) atoms. The van der Waals surface area contributed by atoms with Gasteiger partial charge in [0.2, 0.25) is 5.91 Å². The molecule has 0 aromatic heterocycles. The smallest absolute Gasteiger partial charge is 0.233 e. The van der Waals surface area contributed by atoms with Crippen LogP contribution in [0.25, 0.3) is 0 Å². The minimum absolute atomic E-state index is 0. The summed E-state index contributed by atoms with van der Waals surface area (Å²) in [7, 11) is 0. The molecular formula is C19H28ClFN2O. The van der Waals surface area contributed by atoms with Gasteiger partial charge in [-0.3, -0.25) is 4.79 Å². The van der Waals surface area contributed by atoms with Crippen LogP contribution in [0.2, 0.25) is 0 Å². The Morgan fingerprint density at radius 3 is 2.33 bits per heavy atom. The first-order valence-electron chi connectivity index (χ1n) is 8.75. The molecule has 1 aliphatic carbocycles. The maximum Gasteiger partial charge on any atom is 0.233 e. The summed E-state index contributed by atoms with van der Waals surface area (Å²) < 4.78 is 13.3. The summed E-state index contributed by atoms with van der Waals surface area (Å²) in [6, 6.07) is 6.56. The number of nitrogens with zero attached hydrogens (tertiary/aromatic N) is 1. The van der Waals surface area contributed by atoms with Gasteiger partial charge in [0.25, 0.3) is 0 Å². The number of hydrogen-bond donors (Lipinski definition) is 1. The summed E-state index contributed by atoms with van der Waals surface area (Å²) in [5.41, 5.74) is 6.44. The molecule has 0 radical (unpaired) electrons. The average molecular weight is 355 g/mol. The van der Waals surface area contributed by atoms with Gasteiger partial charge in [0, 0.05) is 13.1 Å². The number of nitrogens with two attached hydrogens (primary N) is 1. The monoisotopic (exact) mass is 354 g/mol. The third-order valence-corrected chi connectivity index (χ3v) is 5.85. The molecule has 1 saturated carbocycles. The Bertz CT molecular complexity index is 571. The van der Waals surface area contributed by atoms with E-state index in [4.69, 9.17) is 5.73 Å². The van der Waals surface area contributed by atoms with Gasteiger partial charge < -0.3 is 10.6 Å². The van der Waals surface area contributed by atoms with Crippen molar-refractivity contribution < 1.29 is 9.18 Å². The van der Waals surface area contributed by atoms with E-state index in [0.29, 0.717) is 6.54 Å². The van der Waals surface area contributed by atoms with E-state index < -0.39 is 5.41 Å². The number of benzene rings is 1. The Kier molecular flexibility index (Phi) is 5.92. The minimum atomic E-state index is -0.466. The molecule has 0 bridgehead atoms. The summed E-state index contributed by atoms with van der Waals surface area (Å²) in [4.78, 5) is 15.4. The summed E-state index contributed by atoms with van der Waals surface area (Å²) in [6.45, 7) is 4.30. The van der Waals surface area contributed by atoms with Crippen LogP contribution in [0.15, 0.2) is 24.3 Å². The molecular weight excluding hydrogens is 327 g/mol. The largest absolute Gasteiger partial charge is 0.341 e. The molecule has 0 spiro atoms. The van der Waals surface area contributed by atoms with Crippen LogP contribution in [0.3, 0.4) is 0 Å². The number of rotatable bonds is 3. The average Bonchev–Trinajstić information content (AvgIpc) is 2.98. The van der Waals surface area contributed by atoms with E-state index in [-0.39, 0.29) is 29.5 Å². The van der Waals surface area contributed by atoms with Crippen LogP contribution in [-0.4, -0.2) is 30.4 Å². The quantitative estimate of drug-likeness (QED) is 0.900. The second kappa shape index (κ2) is 7.40. The van der Waals surface area contributed by atoms with E-state index >= 15 is 0 Å². The molecule has 1 amide bonds. The first kappa shape index (κ1) is 19.2. The van der Waals surface area contributed by atoms with Crippen LogP contribution in [0.4, 0.5) is 4.39 Å². The summed E-state index contributed by atoms with van der Waals surface area (Å²) >= 11 is 0. The maximum absolute atomic E-state index is 13.4. The molecule has 1 aliphatic heterocycles. The Balaban J connectivity index is 0.00000208. The fourth-order valence-corrected chi connectivity index (χ4v) is 4.22. The number of hydrogen-bond acceptors (Lipinski definition) is 2. The van der Waals surface area contributed by atoms with E-state index in [2.05, 4.69) is 6.92 Å². The zero-order valence-electron chi connectivity index (χ0n) is 14.4. The Labute approximate surface area is 150 Å². The zero-order valence-corrected chi connectivity index (χ0v) is 15.2. The molecule has 5 heteroatoms. The van der Waals surface area contributed by atoms with Gasteiger partial charge in [-0.2, -0.15) is 0 Å². The van der Waals surface area contributed by atoms with Gasteiger partial charge in [0.05, 0.1) is 5.41 Å². The maximum atomic E-state index is 13.4. The van der Waals surface area contributed by atoms with E-state index in [1.54, 1.807) is 12.1 Å². The van der Waals surface area contributed by atoms with Crippen molar-refractivity contribution >= 4 is 18.3 Å². The van der Waals surface area contributed by atoms with Crippen LogP contribution in [0, 0.1) is 11.2 Å². The Morgan fingerprint density at radius 1 is 1.17 bits per heavy atom. The first-order valence-corrected chi connectivity index (χ1v) is 8.75. The second-order valence-corrected chi connectivity index (χ2v) is 7.64. The van der Waals surface area contributed by atoms with Crippen molar-refractivity contribution in [1.82, 2.24) is 4.90 Å². The number of carbonyl (C=O) groups is 1. The van der Waals surface area contributed by atoms with E-state index in [0.717, 1.165) is 50.8 Å². The highest BCUT2D eigenvalue weighted by atomic mass is 35.5. The van der Waals surface area contributed by atoms with Gasteiger partial charge in [0.1, 0.15) is 5.82 Å². The third kappa shape index (κ3) is 3.45. The Morgan fingerprint density at radius 2 is 1.79 bits per heavy atom. The lowest BCUT2D eigenvalue weighted by atomic mass is 9.68. The molecule has 3 nitrogen and oxygen atoms in total. The topological polar surface area (TPSA) is 46.3 Å². The van der Waals surface area contributed by atoms with Gasteiger partial charge in [-0.1, -0.05) is 38.3 Å². The predicted molar refractivity (Wildman–Crippen MR) is 96.8 cm³/mol. The number of carbonyl (C=O) groups excluding carboxylic acids is 1. The normalized spacial score (nSPS) is 26.0. The van der Waals surface area contributed by atoms with Crippen LogP contribution in [0.5, 0.6) is 0 Å². The molecule has 1 atom stereocenters. The highest BCUT2D eigenvalue weighted by Gasteiger charge is 2.46. The number of halogens is 2. The van der Waals surface area contributed by atoms with Gasteiger partial charge >= 0.3 is 0 Å². The molecule has 134 valence electrons. The van der Waals surface area contributed by atoms with Crippen LogP contribution >= 0.6 is 12.4 Å². The van der Waals surface area contributed by atoms with Crippen LogP contribution < -0.4 is 5.73 Å². The van der Waals surface area contributed by atoms with Crippen molar-refractivity contribution in [2.75, 3.05) is 19.6 Å². The van der Waals surface area contributed by atoms with Crippen molar-refractivity contribution in [2.45, 2.75) is 50.9 Å². The highest BCUT2D eigenvalue weighted by molar-refractivity contribution is 5.88. The lowest BCUT2D eigenvalue weighted by Gasteiger charge is -2.39. The highest BCUT2D eigenvalue weighted by Crippen LogP contribution is 2.43. The van der Waals surface area contributed by atoms with Crippen LogP contribution in [-0.2, 0) is 10.2 Å². The van der Waals surface area contributed by atoms with Crippen molar-refractivity contribution in [3.8, 4) is 0 Å². The van der Waals surface area contributed by atoms with Crippen molar-refractivity contribution in [2.24, 2.45) is 11.1 Å². The predicted octanol–water partition coefficient (Wildman–Crippen LogP) is 3.65. The molecule has 1 unspecified atom stereocenters. The van der Waals surface area contributed by atoms with E-state index in [1.807, 2.05) is 4.90 Å². The molecule has 1 aromatic rings. The number of likely N-dealkylation sites (tertiary alicyclic amines) is 1. The molecule has 1 saturated heterocycles. The molecule has 2 fully saturated rings. The summed E-state index contributed by atoms with van der Waals surface area (Å²) in [5, 5.41) is 0. The van der Waals surface area contributed by atoms with E-state index in [1.165, 1.54) is 18.6 Å². The lowest BCUT2D eigenvalue weighted by molar-refractivity contribution is -0.138. The third-order valence-electron chi connectivity index (χ3n) is 5.85. The molecule has 2 aliphatic rings. The van der Waals surface area contributed by atoms with Crippen molar-refractivity contribution in [3.63, 3.8) is 0 Å². The van der Waals surface area contributed by atoms with Gasteiger partial charge in [-0.05, 0) is 48.9 Å². The SMILES string of the molecule is CC1(CN)CCN(C(=O)C2(c3ccc(F)cc3)CCCCC2)C1.Cl. The zero-order chi connectivity index (χ0) is 16.5. The van der Waals surface area contributed by atoms with Crippen LogP contribution in [0.1, 0.15) is 51.0 Å². The number of amides is 1. The fourth-order valence-electron chi connectivity index (χ4n) is 4.22. The summed E-state index contributed by atoms with van der Waals surface area (Å²) in [5.74, 6) is -0.0231. The first-order chi connectivity index (χ1) is 11.0. The molecule has 1 heterocycles. The van der Waals surface area contributed by atoms with Gasteiger partial charge in [-0.25, -0.2) is 4.39 Å². The Hall–Kier alpha value is -1.13. The van der Waals surface area contributed by atoms with Gasteiger partial charge in [-0.15, -0.1) is 12.4 Å². The fraction of sp³-hybridized carbons (Fsp3) is 0.632. The standard InChI is InChI=1S/C19H27FN2O.ClH/c1-18(13-21)11-12-22(14-18)17(23)19(9-3-2-4-10-19)15-5-7-16(20)8-6-15;/h5-8H,2-4,9-14,21H2,1H3;1H. The molecule has 1 aromatic carbocycles. The second-order valence-electron chi connectivity index (χ2n) is 7.64. The van der Waals surface area contributed by atoms with E-state index in [9.17, 15) is 9.18 Å². The minimum Gasteiger partial charge on any atom is -0.341 e. The molecule has 2 N–H and O–H groups in total. The van der Waals surface area contributed by atoms with Crippen molar-refractivity contribution in [1.29, 1.82) is 0 Å². The van der Waals surface area contributed by atoms with Crippen molar-refractivity contribution in [3.05, 3.63) is 35.6 Å². The van der Waals surface area contributed by atoms with Gasteiger partial charge in [0.15, 0.2) is 0 Å².